The summed E-state index contributed by atoms with van der Waals surface area (Å²) in [6.45, 7) is 2.04. The number of para-hydroxylation sites is 1. The molecule has 0 saturated heterocycles. The van der Waals surface area contributed by atoms with Gasteiger partial charge in [-0.3, -0.25) is 0 Å². The van der Waals surface area contributed by atoms with Crippen LogP contribution in [0.1, 0.15) is 5.56 Å². The van der Waals surface area contributed by atoms with Gasteiger partial charge in [0.15, 0.2) is 0 Å². The molecule has 0 N–H and O–H groups in total. The van der Waals surface area contributed by atoms with Crippen LogP contribution in [0.3, 0.4) is 0 Å². The van der Waals surface area contributed by atoms with Gasteiger partial charge in [-0.2, -0.15) is 0 Å². The summed E-state index contributed by atoms with van der Waals surface area (Å²) in [6, 6.07) is 8.01. The molecule has 1 rings (SSSR count). The van der Waals surface area contributed by atoms with E-state index in [1.807, 2.05) is 31.2 Å². The fourth-order valence-corrected chi connectivity index (χ4v) is 1.11. The third-order valence-corrected chi connectivity index (χ3v) is 1.62. The lowest BCUT2D eigenvalue weighted by Crippen LogP contribution is -1.89. The van der Waals surface area contributed by atoms with E-state index in [0.717, 1.165) is 5.75 Å². The minimum Gasteiger partial charge on any atom is -0.483 e. The summed E-state index contributed by atoms with van der Waals surface area (Å²) in [5.41, 5.74) is 1.19. The lowest BCUT2D eigenvalue weighted by molar-refractivity contribution is 0.401. The summed E-state index contributed by atoms with van der Waals surface area (Å²) in [5.74, 6) is 0.983. The van der Waals surface area contributed by atoms with E-state index in [2.05, 4.69) is 22.6 Å². The van der Waals surface area contributed by atoms with E-state index in [-0.39, 0.29) is 0 Å². The van der Waals surface area contributed by atoms with E-state index in [4.69, 9.17) is 4.74 Å². The second kappa shape index (κ2) is 3.81. The van der Waals surface area contributed by atoms with E-state index in [1.165, 1.54) is 5.56 Å². The van der Waals surface area contributed by atoms with Gasteiger partial charge in [-0.05, 0) is 41.1 Å². The molecule has 54 valence electrons. The highest BCUT2D eigenvalue weighted by Crippen LogP contribution is 2.16. The molecule has 0 saturated carbocycles. The Bertz CT molecular complexity index is 210. The zero-order valence-electron chi connectivity index (χ0n) is 5.80. The van der Waals surface area contributed by atoms with E-state index < -0.39 is 0 Å². The van der Waals surface area contributed by atoms with Gasteiger partial charge in [-0.1, -0.05) is 18.2 Å². The number of ether oxygens (including phenoxy) is 1. The molecule has 1 aromatic rings. The second-order valence-corrected chi connectivity index (χ2v) is 2.64. The molecule has 0 aliphatic rings. The van der Waals surface area contributed by atoms with Crippen LogP contribution in [0.4, 0.5) is 0 Å². The van der Waals surface area contributed by atoms with Gasteiger partial charge >= 0.3 is 0 Å². The molecule has 1 aromatic carbocycles. The van der Waals surface area contributed by atoms with E-state index in [1.54, 1.807) is 0 Å². The summed E-state index contributed by atoms with van der Waals surface area (Å²) < 4.78 is 6.03. The molecule has 0 heterocycles. The molecule has 0 spiro atoms. The van der Waals surface area contributed by atoms with Crippen LogP contribution in [0, 0.1) is 6.92 Å². The van der Waals surface area contributed by atoms with Gasteiger partial charge in [0.2, 0.25) is 0 Å². The van der Waals surface area contributed by atoms with Crippen LogP contribution in [0.15, 0.2) is 24.3 Å². The molecule has 0 aliphatic heterocycles. The molecule has 0 aliphatic carbocycles. The quantitative estimate of drug-likeness (QED) is 0.577. The van der Waals surface area contributed by atoms with Crippen molar-refractivity contribution in [3.05, 3.63) is 29.8 Å². The van der Waals surface area contributed by atoms with Crippen molar-refractivity contribution in [2.45, 2.75) is 6.92 Å². The molecular formula is C8H9IO. The van der Waals surface area contributed by atoms with Crippen LogP contribution in [0.2, 0.25) is 0 Å². The first-order valence-corrected chi connectivity index (χ1v) is 4.61. The largest absolute Gasteiger partial charge is 0.483 e. The Morgan fingerprint density at radius 2 is 2.10 bits per heavy atom. The van der Waals surface area contributed by atoms with Gasteiger partial charge in [0, 0.05) is 0 Å². The van der Waals surface area contributed by atoms with Crippen LogP contribution in [-0.4, -0.2) is 4.61 Å². The highest BCUT2D eigenvalue weighted by molar-refractivity contribution is 14.1. The lowest BCUT2D eigenvalue weighted by Gasteiger charge is -2.03. The molecule has 0 bridgehead atoms. The van der Waals surface area contributed by atoms with Gasteiger partial charge in [0.1, 0.15) is 10.4 Å². The number of aryl methyl sites for hydroxylation is 1. The monoisotopic (exact) mass is 248 g/mol. The third kappa shape index (κ3) is 1.87. The first kappa shape index (κ1) is 7.85. The Morgan fingerprint density at radius 3 is 2.70 bits per heavy atom. The standard InChI is InChI=1S/C8H9IO/c1-7-4-2-3-5-8(7)10-6-9/h2-5H,6H2,1H3. The van der Waals surface area contributed by atoms with Crippen molar-refractivity contribution in [1.82, 2.24) is 0 Å². The average molecular weight is 248 g/mol. The van der Waals surface area contributed by atoms with Crippen LogP contribution < -0.4 is 4.74 Å². The molecule has 0 radical (unpaired) electrons. The van der Waals surface area contributed by atoms with Crippen molar-refractivity contribution < 1.29 is 4.74 Å². The normalized spacial score (nSPS) is 9.40. The highest BCUT2D eigenvalue weighted by Gasteiger charge is 1.93. The Morgan fingerprint density at radius 1 is 1.40 bits per heavy atom. The summed E-state index contributed by atoms with van der Waals surface area (Å²) in [4.78, 5) is 0. The number of hydrogen-bond acceptors (Lipinski definition) is 1. The lowest BCUT2D eigenvalue weighted by atomic mass is 10.2. The van der Waals surface area contributed by atoms with Crippen LogP contribution >= 0.6 is 22.6 Å². The molecule has 10 heavy (non-hydrogen) atoms. The SMILES string of the molecule is Cc1ccccc1OCI. The maximum absolute atomic E-state index is 5.32. The number of halogens is 1. The van der Waals surface area contributed by atoms with Gasteiger partial charge < -0.3 is 4.74 Å². The number of hydrogen-bond donors (Lipinski definition) is 0. The third-order valence-electron chi connectivity index (χ3n) is 1.30. The van der Waals surface area contributed by atoms with Gasteiger partial charge in [-0.15, -0.1) is 0 Å². The summed E-state index contributed by atoms with van der Waals surface area (Å²) >= 11 is 2.19. The van der Waals surface area contributed by atoms with Crippen molar-refractivity contribution in [3.8, 4) is 5.75 Å². The van der Waals surface area contributed by atoms with Gasteiger partial charge in [0.25, 0.3) is 0 Å². The smallest absolute Gasteiger partial charge is 0.139 e. The van der Waals surface area contributed by atoms with E-state index >= 15 is 0 Å². The second-order valence-electron chi connectivity index (χ2n) is 2.02. The summed E-state index contributed by atoms with van der Waals surface area (Å²) in [6.07, 6.45) is 0. The van der Waals surface area contributed by atoms with E-state index in [0.29, 0.717) is 4.61 Å². The van der Waals surface area contributed by atoms with Crippen molar-refractivity contribution in [2.24, 2.45) is 0 Å². The Labute approximate surface area is 74.5 Å². The maximum Gasteiger partial charge on any atom is 0.139 e. The van der Waals surface area contributed by atoms with Gasteiger partial charge in [-0.25, -0.2) is 0 Å². The number of benzene rings is 1. The average Bonchev–Trinajstić information content (AvgIpc) is 1.94. The maximum atomic E-state index is 5.32. The van der Waals surface area contributed by atoms with Crippen LogP contribution in [-0.2, 0) is 0 Å². The first-order valence-electron chi connectivity index (χ1n) is 3.09. The molecular weight excluding hydrogens is 239 g/mol. The number of rotatable bonds is 2. The predicted octanol–water partition coefficient (Wildman–Crippen LogP) is 2.77. The highest BCUT2D eigenvalue weighted by atomic mass is 127. The molecule has 2 heteroatoms. The minimum absolute atomic E-state index is 0.711. The molecule has 0 atom stereocenters. The predicted molar refractivity (Wildman–Crippen MR) is 50.7 cm³/mol. The first-order chi connectivity index (χ1) is 4.84. The summed E-state index contributed by atoms with van der Waals surface area (Å²) in [5, 5.41) is 0. The minimum atomic E-state index is 0.711. The van der Waals surface area contributed by atoms with Crippen LogP contribution in [0.5, 0.6) is 5.75 Å². The van der Waals surface area contributed by atoms with Gasteiger partial charge in [0.05, 0.1) is 0 Å². The van der Waals surface area contributed by atoms with Crippen molar-refractivity contribution >= 4 is 22.6 Å². The zero-order valence-corrected chi connectivity index (χ0v) is 7.96. The van der Waals surface area contributed by atoms with Crippen molar-refractivity contribution in [1.29, 1.82) is 0 Å². The molecule has 0 fully saturated rings. The summed E-state index contributed by atoms with van der Waals surface area (Å²) in [7, 11) is 0. The zero-order chi connectivity index (χ0) is 7.40. The van der Waals surface area contributed by atoms with Crippen molar-refractivity contribution in [3.63, 3.8) is 0 Å². The Balaban J connectivity index is 2.81. The molecule has 0 unspecified atom stereocenters. The number of alkyl halides is 1. The Hall–Kier alpha value is -0.250. The molecule has 0 amide bonds. The van der Waals surface area contributed by atoms with Crippen molar-refractivity contribution in [2.75, 3.05) is 4.61 Å². The van der Waals surface area contributed by atoms with E-state index in [9.17, 15) is 0 Å². The fourth-order valence-electron chi connectivity index (χ4n) is 0.777. The van der Waals surface area contributed by atoms with Crippen LogP contribution in [0.25, 0.3) is 0 Å². The Kier molecular flexibility index (Phi) is 2.99. The fraction of sp³-hybridized carbons (Fsp3) is 0.250. The molecule has 0 aromatic heterocycles. The topological polar surface area (TPSA) is 9.23 Å². The molecule has 1 nitrogen and oxygen atoms in total.